The molecule has 4 aromatic heterocycles. The van der Waals surface area contributed by atoms with Crippen molar-refractivity contribution in [2.24, 2.45) is 5.92 Å². The van der Waals surface area contributed by atoms with Crippen LogP contribution in [-0.2, 0) is 28.6 Å². The second-order valence-electron chi connectivity index (χ2n) is 13.0. The minimum absolute atomic E-state index is 0.0110. The Balaban J connectivity index is 1.01. The average Bonchev–Trinajstić information content (AvgIpc) is 3.93. The van der Waals surface area contributed by atoms with Crippen LogP contribution in [0.5, 0.6) is 0 Å². The number of alkyl halides is 1. The van der Waals surface area contributed by atoms with Crippen molar-refractivity contribution in [2.75, 3.05) is 23.0 Å². The Morgan fingerprint density at radius 3 is 2.48 bits per heavy atom. The second kappa shape index (κ2) is 14.9. The third kappa shape index (κ3) is 7.30. The SMILES string of the molecule is CC(C)C(=O)Nc1nc2c(ncn2[C@@H]2O[C@H](CCS(=O)(=O)O[C@H]3[C@@H](F)[C@H](n4cnc5c(NC(=O)c6ccccc6)ncnc54)O[C@@H]3CO)C[C@H]2O)c(=O)[nH]1. The van der Waals surface area contributed by atoms with E-state index in [1.807, 2.05) is 0 Å². The molecule has 7 atom stereocenters. The number of nitrogens with one attached hydrogen (secondary N) is 3. The number of H-pyrrole nitrogens is 1. The molecule has 54 heavy (non-hydrogen) atoms. The van der Waals surface area contributed by atoms with Crippen LogP contribution in [0.4, 0.5) is 16.2 Å². The van der Waals surface area contributed by atoms with E-state index in [4.69, 9.17) is 13.7 Å². The molecule has 22 heteroatoms. The van der Waals surface area contributed by atoms with Crippen LogP contribution < -0.4 is 16.2 Å². The predicted octanol–water partition coefficient (Wildman–Crippen LogP) is 0.788. The molecule has 20 nitrogen and oxygen atoms in total. The first-order chi connectivity index (χ1) is 25.8. The van der Waals surface area contributed by atoms with Gasteiger partial charge in [-0.05, 0) is 18.6 Å². The van der Waals surface area contributed by atoms with Gasteiger partial charge in [-0.1, -0.05) is 32.0 Å². The highest BCUT2D eigenvalue weighted by Crippen LogP contribution is 2.37. The molecular formula is C32H35FN10O10S. The van der Waals surface area contributed by atoms with E-state index in [1.54, 1.807) is 44.2 Å². The molecule has 7 rings (SSSR count). The lowest BCUT2D eigenvalue weighted by Gasteiger charge is -2.19. The lowest BCUT2D eigenvalue weighted by atomic mass is 10.1. The van der Waals surface area contributed by atoms with Gasteiger partial charge in [-0.3, -0.25) is 38.0 Å². The molecule has 0 unspecified atom stereocenters. The lowest BCUT2D eigenvalue weighted by Crippen LogP contribution is -2.36. The summed E-state index contributed by atoms with van der Waals surface area (Å²) in [5, 5.41) is 26.0. The Morgan fingerprint density at radius 2 is 1.76 bits per heavy atom. The number of amides is 2. The van der Waals surface area contributed by atoms with Crippen LogP contribution in [0.15, 0.2) is 54.1 Å². The van der Waals surface area contributed by atoms with Crippen LogP contribution in [0.3, 0.4) is 0 Å². The number of ether oxygens (including phenoxy) is 2. The van der Waals surface area contributed by atoms with Crippen molar-refractivity contribution >= 4 is 56.0 Å². The monoisotopic (exact) mass is 770 g/mol. The van der Waals surface area contributed by atoms with E-state index in [9.17, 15) is 33.0 Å². The molecule has 1 aromatic carbocycles. The van der Waals surface area contributed by atoms with Crippen LogP contribution in [0.2, 0.25) is 0 Å². The van der Waals surface area contributed by atoms with Crippen molar-refractivity contribution in [3.05, 3.63) is 65.2 Å². The minimum atomic E-state index is -4.47. The van der Waals surface area contributed by atoms with Gasteiger partial charge in [-0.25, -0.2) is 24.3 Å². The number of rotatable bonds is 12. The standard InChI is InChI=1S/C32H35FN10O10S/c1-15(2)27(46)40-32-39-26-22(29(48)41-32)37-14-43(26)30-18(45)10-17(51-30)8-9-54(49,50)53-23-19(11-44)52-31(20(23)33)42-13-36-21-24(34-12-35-25(21)42)38-28(47)16-6-4-3-5-7-16/h3-7,12-15,17-20,23,30-31,44-45H,8-11H2,1-2H3,(H,34,35,38,47)(H2,39,40,41,46,48)/t17-,18-,19-,20-,23-,30-,31-/m1/s1. The third-order valence-electron chi connectivity index (χ3n) is 8.93. The number of aliphatic hydroxyl groups is 2. The Morgan fingerprint density at radius 1 is 1.04 bits per heavy atom. The highest BCUT2D eigenvalue weighted by Gasteiger charge is 2.49. The van der Waals surface area contributed by atoms with Crippen LogP contribution >= 0.6 is 0 Å². The van der Waals surface area contributed by atoms with E-state index in [2.05, 4.69) is 40.5 Å². The van der Waals surface area contributed by atoms with Gasteiger partial charge in [0.05, 0.1) is 31.1 Å². The zero-order chi connectivity index (χ0) is 38.3. The fourth-order valence-corrected chi connectivity index (χ4v) is 7.39. The van der Waals surface area contributed by atoms with Crippen molar-refractivity contribution in [2.45, 2.75) is 69.7 Å². The second-order valence-corrected chi connectivity index (χ2v) is 14.7. The quantitative estimate of drug-likeness (QED) is 0.110. The topological polar surface area (TPSA) is 268 Å². The van der Waals surface area contributed by atoms with Gasteiger partial charge in [0.15, 0.2) is 46.8 Å². The van der Waals surface area contributed by atoms with Crippen molar-refractivity contribution in [3.8, 4) is 0 Å². The Kier molecular flexibility index (Phi) is 10.2. The molecule has 6 heterocycles. The van der Waals surface area contributed by atoms with Crippen molar-refractivity contribution in [3.63, 3.8) is 0 Å². The Bertz CT molecular complexity index is 2350. The summed E-state index contributed by atoms with van der Waals surface area (Å²) in [6, 6.07) is 8.35. The summed E-state index contributed by atoms with van der Waals surface area (Å²) in [6.07, 6.45) is -6.50. The summed E-state index contributed by atoms with van der Waals surface area (Å²) in [4.78, 5) is 60.7. The number of aliphatic hydroxyl groups excluding tert-OH is 2. The highest BCUT2D eigenvalue weighted by atomic mass is 32.2. The highest BCUT2D eigenvalue weighted by molar-refractivity contribution is 7.86. The minimum Gasteiger partial charge on any atom is -0.394 e. The van der Waals surface area contributed by atoms with Gasteiger partial charge in [0.2, 0.25) is 11.9 Å². The van der Waals surface area contributed by atoms with Gasteiger partial charge in [-0.2, -0.15) is 13.4 Å². The number of halogens is 1. The van der Waals surface area contributed by atoms with Gasteiger partial charge in [0.1, 0.15) is 24.6 Å². The van der Waals surface area contributed by atoms with E-state index >= 15 is 4.39 Å². The molecule has 5 N–H and O–H groups in total. The van der Waals surface area contributed by atoms with Gasteiger partial charge >= 0.3 is 0 Å². The summed E-state index contributed by atoms with van der Waals surface area (Å²) >= 11 is 0. The first-order valence-electron chi connectivity index (χ1n) is 16.8. The first kappa shape index (κ1) is 37.1. The smallest absolute Gasteiger partial charge is 0.280 e. The maximum atomic E-state index is 16.0. The van der Waals surface area contributed by atoms with Gasteiger partial charge in [0, 0.05) is 17.9 Å². The zero-order valence-electron chi connectivity index (χ0n) is 28.6. The van der Waals surface area contributed by atoms with Gasteiger partial charge < -0.3 is 25.0 Å². The molecular weight excluding hydrogens is 735 g/mol. The lowest BCUT2D eigenvalue weighted by molar-refractivity contribution is -0.118. The number of carbonyl (C=O) groups excluding carboxylic acids is 2. The molecule has 0 radical (unpaired) electrons. The number of fused-ring (bicyclic) bond motifs is 2. The van der Waals surface area contributed by atoms with Crippen molar-refractivity contribution in [1.82, 2.24) is 39.0 Å². The fourth-order valence-electron chi connectivity index (χ4n) is 6.17. The summed E-state index contributed by atoms with van der Waals surface area (Å²) in [5.74, 6) is -1.99. The summed E-state index contributed by atoms with van der Waals surface area (Å²) in [5.41, 5.74) is -0.160. The summed E-state index contributed by atoms with van der Waals surface area (Å²) in [6.45, 7) is 2.54. The molecule has 2 amide bonds. The number of nitrogens with zero attached hydrogens (tertiary/aromatic N) is 7. The maximum absolute atomic E-state index is 16.0. The van der Waals surface area contributed by atoms with Crippen LogP contribution in [0.25, 0.3) is 22.3 Å². The molecule has 0 aliphatic carbocycles. The number of carbonyl (C=O) groups is 2. The van der Waals surface area contributed by atoms with Crippen LogP contribution in [0, 0.1) is 5.92 Å². The molecule has 2 aliphatic heterocycles. The largest absolute Gasteiger partial charge is 0.394 e. The van der Waals surface area contributed by atoms with E-state index in [0.717, 1.165) is 6.33 Å². The predicted molar refractivity (Wildman–Crippen MR) is 185 cm³/mol. The van der Waals surface area contributed by atoms with Crippen molar-refractivity contribution in [1.29, 1.82) is 0 Å². The van der Waals surface area contributed by atoms with E-state index in [1.165, 1.54) is 21.8 Å². The zero-order valence-corrected chi connectivity index (χ0v) is 29.5. The number of anilines is 2. The first-order valence-corrected chi connectivity index (χ1v) is 18.4. The molecule has 286 valence electrons. The molecule has 0 saturated carbocycles. The number of hydrogen-bond donors (Lipinski definition) is 5. The normalized spacial score (nSPS) is 24.4. The number of benzene rings is 1. The molecule has 2 fully saturated rings. The molecule has 0 bridgehead atoms. The molecule has 2 aliphatic rings. The Labute approximate surface area is 304 Å². The Hall–Kier alpha value is -5.26. The van der Waals surface area contributed by atoms with Crippen LogP contribution in [-0.4, -0.2) is 112 Å². The van der Waals surface area contributed by atoms with Crippen molar-refractivity contribution < 1.29 is 46.3 Å². The van der Waals surface area contributed by atoms with Crippen LogP contribution in [0.1, 0.15) is 49.5 Å². The summed E-state index contributed by atoms with van der Waals surface area (Å²) < 4.78 is 61.8. The molecule has 2 saturated heterocycles. The van der Waals surface area contributed by atoms with E-state index in [0.29, 0.717) is 5.56 Å². The number of aromatic nitrogens is 8. The number of aromatic amines is 1. The number of hydrogen-bond acceptors (Lipinski definition) is 15. The van der Waals surface area contributed by atoms with E-state index < -0.39 is 88.8 Å². The maximum Gasteiger partial charge on any atom is 0.280 e. The average molecular weight is 771 g/mol. The number of imidazole rings is 2. The molecule has 0 spiro atoms. The summed E-state index contributed by atoms with van der Waals surface area (Å²) in [7, 11) is -4.47. The van der Waals surface area contributed by atoms with Gasteiger partial charge in [-0.15, -0.1) is 0 Å². The van der Waals surface area contributed by atoms with Gasteiger partial charge in [0.25, 0.3) is 21.6 Å². The third-order valence-corrected chi connectivity index (χ3v) is 10.2. The molecule has 5 aromatic rings. The fraction of sp³-hybridized carbons (Fsp3) is 0.438. The van der Waals surface area contributed by atoms with E-state index in [-0.39, 0.29) is 46.9 Å².